The molecule has 1 unspecified atom stereocenters. The highest BCUT2D eigenvalue weighted by atomic mass is 32.2. The third-order valence-corrected chi connectivity index (χ3v) is 5.28. The molecule has 2 aromatic rings. The molecule has 0 spiro atoms. The Labute approximate surface area is 157 Å². The molecule has 0 radical (unpaired) electrons. The minimum Gasteiger partial charge on any atom is -0.377 e. The largest absolute Gasteiger partial charge is 0.501 e. The molecule has 0 aliphatic heterocycles. The highest BCUT2D eigenvalue weighted by molar-refractivity contribution is 7.92. The lowest BCUT2D eigenvalue weighted by Gasteiger charge is -2.18. The van der Waals surface area contributed by atoms with Crippen LogP contribution in [0.15, 0.2) is 47.4 Å². The molecule has 0 heterocycles. The fraction of sp³-hybridized carbons (Fsp3) is 0.250. The molecular weight excluding hydrogens is 408 g/mol. The normalized spacial score (nSPS) is 13.2. The lowest BCUT2D eigenvalue weighted by Crippen LogP contribution is -2.23. The van der Waals surface area contributed by atoms with Crippen molar-refractivity contribution in [2.75, 3.05) is 19.0 Å². The van der Waals surface area contributed by atoms with Crippen LogP contribution in [0.3, 0.4) is 0 Å². The van der Waals surface area contributed by atoms with Crippen LogP contribution in [-0.2, 0) is 14.6 Å². The highest BCUT2D eigenvalue weighted by Gasteiger charge is 2.47. The molecule has 0 saturated heterocycles. The molecule has 2 rings (SSSR count). The topological polar surface area (TPSA) is 98.5 Å². The number of nitrogens with zero attached hydrogens (tertiary/aromatic N) is 1. The van der Waals surface area contributed by atoms with Crippen LogP contribution in [0.2, 0.25) is 0 Å². The fourth-order valence-corrected chi connectivity index (χ4v) is 3.15. The van der Waals surface area contributed by atoms with Crippen molar-refractivity contribution in [2.45, 2.75) is 16.5 Å². The number of anilines is 1. The van der Waals surface area contributed by atoms with E-state index in [1.54, 1.807) is 6.07 Å². The number of ether oxygens (including phenoxy) is 1. The van der Waals surface area contributed by atoms with Gasteiger partial charge in [0.2, 0.25) is 0 Å². The number of halogens is 4. The molecule has 12 heteroatoms. The number of hydrogen-bond acceptors (Lipinski definition) is 6. The molecule has 152 valence electrons. The Bertz CT molecular complexity index is 979. The van der Waals surface area contributed by atoms with Gasteiger partial charge in [0.25, 0.3) is 15.5 Å². The lowest BCUT2D eigenvalue weighted by molar-refractivity contribution is -0.384. The third kappa shape index (κ3) is 4.39. The van der Waals surface area contributed by atoms with Crippen LogP contribution in [0.4, 0.5) is 28.9 Å². The first-order chi connectivity index (χ1) is 13.0. The van der Waals surface area contributed by atoms with Crippen LogP contribution in [0.5, 0.6) is 0 Å². The Hall–Kier alpha value is -2.73. The summed E-state index contributed by atoms with van der Waals surface area (Å²) >= 11 is 0. The van der Waals surface area contributed by atoms with Gasteiger partial charge in [0, 0.05) is 25.3 Å². The third-order valence-electron chi connectivity index (χ3n) is 3.80. The summed E-state index contributed by atoms with van der Waals surface area (Å²) in [6, 6.07) is 7.41. The monoisotopic (exact) mass is 422 g/mol. The van der Waals surface area contributed by atoms with Crippen LogP contribution in [0, 0.1) is 15.9 Å². The number of sulfone groups is 1. The molecule has 0 aliphatic carbocycles. The van der Waals surface area contributed by atoms with Crippen molar-refractivity contribution in [2.24, 2.45) is 0 Å². The average Bonchev–Trinajstić information content (AvgIpc) is 2.62. The van der Waals surface area contributed by atoms with Gasteiger partial charge in [-0.1, -0.05) is 18.2 Å². The van der Waals surface area contributed by atoms with E-state index in [0.29, 0.717) is 12.1 Å². The van der Waals surface area contributed by atoms with Crippen molar-refractivity contribution in [3.63, 3.8) is 0 Å². The first-order valence-corrected chi connectivity index (χ1v) is 9.08. The van der Waals surface area contributed by atoms with Gasteiger partial charge >= 0.3 is 5.51 Å². The summed E-state index contributed by atoms with van der Waals surface area (Å²) in [5.74, 6) is -0.572. The van der Waals surface area contributed by atoms with Gasteiger partial charge in [-0.25, -0.2) is 12.8 Å². The summed E-state index contributed by atoms with van der Waals surface area (Å²) in [5, 5.41) is 13.8. The maximum absolute atomic E-state index is 13.9. The summed E-state index contributed by atoms with van der Waals surface area (Å²) in [5.41, 5.74) is -6.56. The molecule has 0 aromatic heterocycles. The Balaban J connectivity index is 2.34. The number of benzene rings is 2. The Morgan fingerprint density at radius 3 is 2.39 bits per heavy atom. The molecule has 0 saturated carbocycles. The van der Waals surface area contributed by atoms with Crippen LogP contribution in [0.25, 0.3) is 0 Å². The van der Waals surface area contributed by atoms with Crippen molar-refractivity contribution in [3.05, 3.63) is 64.0 Å². The van der Waals surface area contributed by atoms with Gasteiger partial charge in [-0.05, 0) is 18.2 Å². The van der Waals surface area contributed by atoms with Gasteiger partial charge in [0.05, 0.1) is 9.82 Å². The van der Waals surface area contributed by atoms with E-state index in [1.807, 2.05) is 0 Å². The van der Waals surface area contributed by atoms with Gasteiger partial charge in [-0.3, -0.25) is 10.1 Å². The number of nitro benzene ring substituents is 1. The van der Waals surface area contributed by atoms with Crippen LogP contribution < -0.4 is 5.32 Å². The van der Waals surface area contributed by atoms with E-state index in [1.165, 1.54) is 25.3 Å². The molecule has 0 bridgehead atoms. The number of methoxy groups -OCH3 is 1. The molecule has 1 atom stereocenters. The second-order valence-corrected chi connectivity index (χ2v) is 7.45. The number of nitrogens with one attached hydrogen (secondary N) is 1. The molecule has 7 nitrogen and oxygen atoms in total. The van der Waals surface area contributed by atoms with E-state index in [-0.39, 0.29) is 17.8 Å². The average molecular weight is 422 g/mol. The first kappa shape index (κ1) is 21.6. The standard InChI is InChI=1S/C16H14F4N2O5S/c1-27-15(11-4-2-3-5-12(11)17)9-21-13-7-6-10(8-14(13)22(23)24)28(25,26)16(18,19)20/h2-8,15,21H,9H2,1H3. The molecule has 0 aliphatic rings. The minimum atomic E-state index is -5.74. The molecule has 1 N–H and O–H groups in total. The van der Waals surface area contributed by atoms with Crippen molar-refractivity contribution in [3.8, 4) is 0 Å². The second-order valence-electron chi connectivity index (χ2n) is 5.51. The van der Waals surface area contributed by atoms with Crippen LogP contribution in [0.1, 0.15) is 11.7 Å². The van der Waals surface area contributed by atoms with Crippen LogP contribution in [-0.4, -0.2) is 32.5 Å². The predicted octanol–water partition coefficient (Wildman–Crippen LogP) is 3.83. The Kier molecular flexibility index (Phi) is 6.24. The van der Waals surface area contributed by atoms with E-state index in [4.69, 9.17) is 4.74 Å². The summed E-state index contributed by atoms with van der Waals surface area (Å²) in [7, 11) is -4.46. The van der Waals surface area contributed by atoms with Crippen molar-refractivity contribution < 1.29 is 35.6 Å². The SMILES string of the molecule is COC(CNc1ccc(S(=O)(=O)C(F)(F)F)cc1[N+](=O)[O-])c1ccccc1F. The number of rotatable bonds is 7. The molecule has 28 heavy (non-hydrogen) atoms. The summed E-state index contributed by atoms with van der Waals surface area (Å²) in [6.45, 7) is -0.163. The van der Waals surface area contributed by atoms with Crippen molar-refractivity contribution >= 4 is 21.2 Å². The minimum absolute atomic E-state index is 0.163. The van der Waals surface area contributed by atoms with E-state index in [0.717, 1.165) is 6.07 Å². The summed E-state index contributed by atoms with van der Waals surface area (Å²) in [6.07, 6.45) is -0.862. The first-order valence-electron chi connectivity index (χ1n) is 7.60. The zero-order chi connectivity index (χ0) is 21.1. The van der Waals surface area contributed by atoms with E-state index in [9.17, 15) is 36.1 Å². The van der Waals surface area contributed by atoms with Gasteiger partial charge in [-0.15, -0.1) is 0 Å². The quantitative estimate of drug-likeness (QED) is 0.414. The molecule has 2 aromatic carbocycles. The second kappa shape index (κ2) is 8.10. The fourth-order valence-electron chi connectivity index (χ4n) is 2.37. The molecular formula is C16H14F4N2O5S. The number of alkyl halides is 3. The Morgan fingerprint density at radius 2 is 1.86 bits per heavy atom. The van der Waals surface area contributed by atoms with E-state index < -0.39 is 42.8 Å². The van der Waals surface area contributed by atoms with Crippen molar-refractivity contribution in [1.82, 2.24) is 0 Å². The summed E-state index contributed by atoms with van der Waals surface area (Å²) in [4.78, 5) is 8.91. The predicted molar refractivity (Wildman–Crippen MR) is 91.0 cm³/mol. The van der Waals surface area contributed by atoms with Gasteiger partial charge in [0.15, 0.2) is 0 Å². The number of hydrogen-bond donors (Lipinski definition) is 1. The zero-order valence-corrected chi connectivity index (χ0v) is 15.1. The zero-order valence-electron chi connectivity index (χ0n) is 14.2. The Morgan fingerprint density at radius 1 is 1.21 bits per heavy atom. The van der Waals surface area contributed by atoms with Gasteiger partial charge < -0.3 is 10.1 Å². The highest BCUT2D eigenvalue weighted by Crippen LogP contribution is 2.35. The van der Waals surface area contributed by atoms with Crippen molar-refractivity contribution in [1.29, 1.82) is 0 Å². The smallest absolute Gasteiger partial charge is 0.377 e. The summed E-state index contributed by atoms with van der Waals surface area (Å²) < 4.78 is 79.9. The maximum Gasteiger partial charge on any atom is 0.501 e. The molecule has 0 fully saturated rings. The van der Waals surface area contributed by atoms with Crippen LogP contribution >= 0.6 is 0 Å². The van der Waals surface area contributed by atoms with E-state index >= 15 is 0 Å². The molecule has 0 amide bonds. The van der Waals surface area contributed by atoms with Gasteiger partial charge in [0.1, 0.15) is 17.6 Å². The van der Waals surface area contributed by atoms with Gasteiger partial charge in [-0.2, -0.15) is 13.2 Å². The lowest BCUT2D eigenvalue weighted by atomic mass is 10.1. The number of nitro groups is 1. The maximum atomic E-state index is 13.9. The van der Waals surface area contributed by atoms with E-state index in [2.05, 4.69) is 5.32 Å².